The lowest BCUT2D eigenvalue weighted by molar-refractivity contribution is 0.0389. The summed E-state index contributed by atoms with van der Waals surface area (Å²) in [5, 5.41) is 8.39. The van der Waals surface area contributed by atoms with Crippen molar-refractivity contribution in [3.8, 4) is 0 Å². The van der Waals surface area contributed by atoms with Crippen LogP contribution in [0.2, 0.25) is 0 Å². The number of aromatic nitrogens is 4. The van der Waals surface area contributed by atoms with Crippen LogP contribution >= 0.6 is 24.0 Å². The molecule has 0 spiro atoms. The van der Waals surface area contributed by atoms with Crippen molar-refractivity contribution in [3.63, 3.8) is 0 Å². The van der Waals surface area contributed by atoms with Gasteiger partial charge in [0.2, 0.25) is 5.95 Å². The topological polar surface area (TPSA) is 91.3 Å². The molecule has 4 rings (SSSR count). The Hall–Kier alpha value is -2.08. The number of nitrogens with zero attached hydrogens (tertiary/aromatic N) is 6. The second kappa shape index (κ2) is 11.5. The van der Waals surface area contributed by atoms with Gasteiger partial charge in [0.15, 0.2) is 10.3 Å². The van der Waals surface area contributed by atoms with E-state index in [1.807, 2.05) is 6.07 Å². The molecule has 9 nitrogen and oxygen atoms in total. The van der Waals surface area contributed by atoms with Gasteiger partial charge in [-0.1, -0.05) is 0 Å². The third kappa shape index (κ3) is 6.96. The molecule has 0 bridgehead atoms. The molecule has 4 heterocycles. The predicted octanol–water partition coefficient (Wildman–Crippen LogP) is 2.03. The van der Waals surface area contributed by atoms with Crippen LogP contribution in [0.5, 0.6) is 0 Å². The van der Waals surface area contributed by atoms with E-state index in [-0.39, 0.29) is 0 Å². The van der Waals surface area contributed by atoms with Gasteiger partial charge in [-0.25, -0.2) is 15.0 Å². The normalized spacial score (nSPS) is 17.4. The Labute approximate surface area is 192 Å². The number of thiocarbonyl (C=S) groups is 1. The average molecular weight is 461 g/mol. The van der Waals surface area contributed by atoms with Crippen molar-refractivity contribution in [2.75, 3.05) is 62.7 Å². The fraction of sp³-hybridized carbons (Fsp3) is 0.550. The molecular formula is C20H28N8OS2. The van der Waals surface area contributed by atoms with Gasteiger partial charge in [-0.05, 0) is 49.3 Å². The smallest absolute Gasteiger partial charge is 0.232 e. The van der Waals surface area contributed by atoms with E-state index >= 15 is 0 Å². The fourth-order valence-corrected chi connectivity index (χ4v) is 4.44. The third-order valence-corrected chi connectivity index (χ3v) is 6.21. The van der Waals surface area contributed by atoms with E-state index in [9.17, 15) is 0 Å². The highest BCUT2D eigenvalue weighted by molar-refractivity contribution is 7.99. The van der Waals surface area contributed by atoms with Crippen LogP contribution in [0.15, 0.2) is 34.7 Å². The van der Waals surface area contributed by atoms with Crippen LogP contribution in [0.25, 0.3) is 0 Å². The summed E-state index contributed by atoms with van der Waals surface area (Å²) in [5.74, 6) is 1.40. The quantitative estimate of drug-likeness (QED) is 0.361. The molecule has 0 aromatic carbocycles. The minimum atomic E-state index is 0.491. The number of rotatable bonds is 7. The summed E-state index contributed by atoms with van der Waals surface area (Å²) in [6.45, 7) is 7.21. The van der Waals surface area contributed by atoms with E-state index in [0.717, 1.165) is 63.3 Å². The molecule has 2 aliphatic heterocycles. The van der Waals surface area contributed by atoms with Gasteiger partial charge in [-0.15, -0.1) is 0 Å². The number of morpholine rings is 1. The first kappa shape index (κ1) is 22.1. The molecule has 0 atom stereocenters. The number of hydrogen-bond acceptors (Lipinski definition) is 9. The Morgan fingerprint density at radius 3 is 2.61 bits per heavy atom. The van der Waals surface area contributed by atoms with Gasteiger partial charge in [0, 0.05) is 57.7 Å². The second-order valence-electron chi connectivity index (χ2n) is 7.40. The minimum Gasteiger partial charge on any atom is -0.379 e. The maximum absolute atomic E-state index is 5.49. The van der Waals surface area contributed by atoms with Gasteiger partial charge in [0.05, 0.1) is 13.2 Å². The molecular weight excluding hydrogens is 432 g/mol. The summed E-state index contributed by atoms with van der Waals surface area (Å²) in [5.41, 5.74) is 0. The van der Waals surface area contributed by atoms with E-state index in [0.29, 0.717) is 16.2 Å². The highest BCUT2D eigenvalue weighted by Gasteiger charge is 2.16. The summed E-state index contributed by atoms with van der Waals surface area (Å²) >= 11 is 6.91. The summed E-state index contributed by atoms with van der Waals surface area (Å²) in [6.07, 6.45) is 7.09. The van der Waals surface area contributed by atoms with Gasteiger partial charge < -0.3 is 20.3 Å². The zero-order chi connectivity index (χ0) is 21.3. The average Bonchev–Trinajstić information content (AvgIpc) is 2.81. The molecule has 2 aliphatic rings. The molecule has 166 valence electrons. The maximum Gasteiger partial charge on any atom is 0.232 e. The van der Waals surface area contributed by atoms with E-state index < -0.39 is 0 Å². The third-order valence-electron chi connectivity index (χ3n) is 5.15. The van der Waals surface area contributed by atoms with Crippen molar-refractivity contribution in [1.82, 2.24) is 30.2 Å². The van der Waals surface area contributed by atoms with Crippen molar-refractivity contribution >= 4 is 40.9 Å². The van der Waals surface area contributed by atoms with Crippen LogP contribution in [0.1, 0.15) is 19.3 Å². The van der Waals surface area contributed by atoms with Crippen LogP contribution in [-0.2, 0) is 4.74 Å². The fourth-order valence-electron chi connectivity index (χ4n) is 3.54. The van der Waals surface area contributed by atoms with E-state index in [2.05, 4.69) is 35.4 Å². The summed E-state index contributed by atoms with van der Waals surface area (Å²) in [7, 11) is 0. The Kier molecular flexibility index (Phi) is 8.22. The number of nitrogens with one attached hydrogen (secondary N) is 2. The van der Waals surface area contributed by atoms with Crippen molar-refractivity contribution < 1.29 is 4.74 Å². The van der Waals surface area contributed by atoms with Gasteiger partial charge >= 0.3 is 0 Å². The monoisotopic (exact) mass is 460 g/mol. The van der Waals surface area contributed by atoms with Crippen LogP contribution < -0.4 is 15.5 Å². The standard InChI is InChI=1S/C20H28N8OS2/c30-19(21-7-10-27-11-13-29-14-12-27)26-18-24-16(28-8-2-1-3-9-28)15-17(25-18)31-20-22-5-4-6-23-20/h4-6,15H,1-3,7-14H2,(H2,21,24,25,26,30). The Balaban J connectivity index is 1.40. The number of piperidine rings is 1. The second-order valence-corrected chi connectivity index (χ2v) is 8.80. The first-order valence-electron chi connectivity index (χ1n) is 10.7. The first-order chi connectivity index (χ1) is 15.3. The Morgan fingerprint density at radius 1 is 1.06 bits per heavy atom. The molecule has 2 aromatic rings. The van der Waals surface area contributed by atoms with Gasteiger partial charge in [0.1, 0.15) is 10.8 Å². The molecule has 31 heavy (non-hydrogen) atoms. The summed E-state index contributed by atoms with van der Waals surface area (Å²) < 4.78 is 5.39. The van der Waals surface area contributed by atoms with E-state index in [4.69, 9.17) is 21.9 Å². The van der Waals surface area contributed by atoms with Crippen molar-refractivity contribution in [1.29, 1.82) is 0 Å². The van der Waals surface area contributed by atoms with E-state index in [1.54, 1.807) is 18.5 Å². The SMILES string of the molecule is S=C(NCCN1CCOCC1)Nc1nc(Sc2ncccn2)cc(N2CCCCC2)n1. The summed E-state index contributed by atoms with van der Waals surface area (Å²) in [4.78, 5) is 22.6. The zero-order valence-electron chi connectivity index (χ0n) is 17.5. The Bertz CT molecular complexity index is 844. The molecule has 0 unspecified atom stereocenters. The van der Waals surface area contributed by atoms with Crippen LogP contribution in [0.4, 0.5) is 11.8 Å². The highest BCUT2D eigenvalue weighted by atomic mass is 32.2. The molecule has 0 radical (unpaired) electrons. The molecule has 2 N–H and O–H groups in total. The largest absolute Gasteiger partial charge is 0.379 e. The number of anilines is 2. The molecule has 2 fully saturated rings. The lowest BCUT2D eigenvalue weighted by atomic mass is 10.1. The van der Waals surface area contributed by atoms with Crippen LogP contribution in [0.3, 0.4) is 0 Å². The van der Waals surface area contributed by atoms with Crippen molar-refractivity contribution in [3.05, 3.63) is 24.5 Å². The zero-order valence-corrected chi connectivity index (χ0v) is 19.1. The molecule has 2 saturated heterocycles. The van der Waals surface area contributed by atoms with Crippen LogP contribution in [-0.4, -0.2) is 82.4 Å². The first-order valence-corrected chi connectivity index (χ1v) is 11.9. The van der Waals surface area contributed by atoms with Crippen molar-refractivity contribution in [2.45, 2.75) is 29.4 Å². The molecule has 0 aliphatic carbocycles. The van der Waals surface area contributed by atoms with Crippen LogP contribution in [0, 0.1) is 0 Å². The molecule has 0 saturated carbocycles. The lowest BCUT2D eigenvalue weighted by Crippen LogP contribution is -2.42. The lowest BCUT2D eigenvalue weighted by Gasteiger charge is -2.28. The molecule has 0 amide bonds. The molecule has 2 aromatic heterocycles. The molecule has 11 heteroatoms. The number of ether oxygens (including phenoxy) is 1. The van der Waals surface area contributed by atoms with Crippen molar-refractivity contribution in [2.24, 2.45) is 0 Å². The van der Waals surface area contributed by atoms with Gasteiger partial charge in [-0.3, -0.25) is 4.90 Å². The predicted molar refractivity (Wildman–Crippen MR) is 126 cm³/mol. The van der Waals surface area contributed by atoms with E-state index in [1.165, 1.54) is 31.0 Å². The highest BCUT2D eigenvalue weighted by Crippen LogP contribution is 2.28. The maximum atomic E-state index is 5.49. The number of hydrogen-bond donors (Lipinski definition) is 2. The minimum absolute atomic E-state index is 0.491. The summed E-state index contributed by atoms with van der Waals surface area (Å²) in [6, 6.07) is 3.81. The van der Waals surface area contributed by atoms with Gasteiger partial charge in [-0.2, -0.15) is 4.98 Å². The Morgan fingerprint density at radius 2 is 1.84 bits per heavy atom. The van der Waals surface area contributed by atoms with Gasteiger partial charge in [0.25, 0.3) is 0 Å².